The van der Waals surface area contributed by atoms with Gasteiger partial charge < -0.3 is 9.47 Å². The van der Waals surface area contributed by atoms with Crippen LogP contribution in [0.4, 0.5) is 8.78 Å². The largest absolute Gasteiger partial charge is 0.489 e. The van der Waals surface area contributed by atoms with Crippen molar-refractivity contribution in [3.8, 4) is 17.6 Å². The van der Waals surface area contributed by atoms with Crippen molar-refractivity contribution in [3.63, 3.8) is 0 Å². The van der Waals surface area contributed by atoms with E-state index in [9.17, 15) is 14.0 Å². The average Bonchev–Trinajstić information content (AvgIpc) is 3.21. The molecule has 0 amide bonds. The number of nitriles is 1. The van der Waals surface area contributed by atoms with Crippen molar-refractivity contribution in [3.05, 3.63) is 23.8 Å². The summed E-state index contributed by atoms with van der Waals surface area (Å²) in [5, 5.41) is 9.44. The molecule has 0 N–H and O–H groups in total. The molecule has 1 aliphatic rings. The summed E-state index contributed by atoms with van der Waals surface area (Å²) >= 11 is 0. The minimum Gasteiger partial charge on any atom is -0.489 e. The van der Waals surface area contributed by atoms with Crippen molar-refractivity contribution in [1.29, 1.82) is 5.26 Å². The van der Waals surface area contributed by atoms with Gasteiger partial charge in [0.25, 0.3) is 0 Å². The second kappa shape index (κ2) is 6.65. The normalized spacial score (nSPS) is 16.2. The van der Waals surface area contributed by atoms with Gasteiger partial charge in [-0.2, -0.15) is 14.0 Å². The Balaban J connectivity index is 2.28. The molecule has 22 heavy (non-hydrogen) atoms. The molecule has 1 aromatic rings. The number of halogens is 2. The van der Waals surface area contributed by atoms with E-state index in [1.54, 1.807) is 12.1 Å². The summed E-state index contributed by atoms with van der Waals surface area (Å²) in [4.78, 5) is 0. The van der Waals surface area contributed by atoms with E-state index < -0.39 is 14.7 Å². The van der Waals surface area contributed by atoms with E-state index in [-0.39, 0.29) is 11.3 Å². The first-order valence-corrected chi connectivity index (χ1v) is 11.0. The van der Waals surface area contributed by atoms with Gasteiger partial charge in [-0.3, -0.25) is 0 Å². The Morgan fingerprint density at radius 1 is 1.27 bits per heavy atom. The first-order valence-electron chi connectivity index (χ1n) is 7.42. The van der Waals surface area contributed by atoms with Gasteiger partial charge >= 0.3 is 6.61 Å². The molecule has 120 valence electrons. The van der Waals surface area contributed by atoms with Gasteiger partial charge in [-0.05, 0) is 36.5 Å². The topological polar surface area (TPSA) is 42.2 Å². The maximum atomic E-state index is 12.5. The minimum atomic E-state index is -2.89. The van der Waals surface area contributed by atoms with E-state index in [1.165, 1.54) is 6.07 Å². The van der Waals surface area contributed by atoms with Crippen molar-refractivity contribution < 1.29 is 18.3 Å². The van der Waals surface area contributed by atoms with Crippen LogP contribution in [0.5, 0.6) is 11.5 Å². The van der Waals surface area contributed by atoms with E-state index in [2.05, 4.69) is 30.4 Å². The molecule has 1 aliphatic carbocycles. The van der Waals surface area contributed by atoms with Crippen LogP contribution in [0.15, 0.2) is 18.2 Å². The maximum Gasteiger partial charge on any atom is 0.387 e. The lowest BCUT2D eigenvalue weighted by atomic mass is 10.1. The van der Waals surface area contributed by atoms with Crippen molar-refractivity contribution in [2.24, 2.45) is 5.92 Å². The maximum absolute atomic E-state index is 12.5. The Labute approximate surface area is 130 Å². The van der Waals surface area contributed by atoms with Crippen molar-refractivity contribution in [2.75, 3.05) is 6.61 Å². The molecule has 1 aromatic carbocycles. The third-order valence-corrected chi connectivity index (χ3v) is 5.88. The molecule has 3 nitrogen and oxygen atoms in total. The second-order valence-corrected chi connectivity index (χ2v) is 12.1. The summed E-state index contributed by atoms with van der Waals surface area (Å²) < 4.78 is 35.2. The fraction of sp³-hybridized carbons (Fsp3) is 0.562. The standard InChI is InChI=1S/C16H21F2NO2Si/c1-22(2,3)15(9-19)12-6-7-13(21-16(17)18)14(8-12)20-10-11-4-5-11/h6-8,11,15-16H,4-5,10H2,1-3H3. The van der Waals surface area contributed by atoms with Crippen LogP contribution in [0.1, 0.15) is 23.9 Å². The van der Waals surface area contributed by atoms with Gasteiger partial charge in [0.05, 0.1) is 26.3 Å². The number of ether oxygens (including phenoxy) is 2. The molecule has 0 spiro atoms. The van der Waals surface area contributed by atoms with Crippen molar-refractivity contribution in [1.82, 2.24) is 0 Å². The van der Waals surface area contributed by atoms with Crippen LogP contribution in [0.2, 0.25) is 19.6 Å². The van der Waals surface area contributed by atoms with E-state index in [0.29, 0.717) is 18.3 Å². The molecule has 1 fully saturated rings. The summed E-state index contributed by atoms with van der Waals surface area (Å²) in [5.41, 5.74) is 0.602. The molecule has 0 saturated heterocycles. The van der Waals surface area contributed by atoms with E-state index in [1.807, 2.05) is 0 Å². The lowest BCUT2D eigenvalue weighted by Gasteiger charge is -2.24. The van der Waals surface area contributed by atoms with Crippen LogP contribution < -0.4 is 9.47 Å². The molecule has 0 aromatic heterocycles. The van der Waals surface area contributed by atoms with Crippen LogP contribution in [0, 0.1) is 17.2 Å². The highest BCUT2D eigenvalue weighted by molar-refractivity contribution is 6.78. The zero-order valence-electron chi connectivity index (χ0n) is 13.1. The molecule has 1 unspecified atom stereocenters. The lowest BCUT2D eigenvalue weighted by molar-refractivity contribution is -0.0515. The molecule has 0 aliphatic heterocycles. The van der Waals surface area contributed by atoms with Gasteiger partial charge in [0, 0.05) is 0 Å². The van der Waals surface area contributed by atoms with E-state index >= 15 is 0 Å². The van der Waals surface area contributed by atoms with Gasteiger partial charge in [0.15, 0.2) is 11.5 Å². The molecule has 0 bridgehead atoms. The first-order chi connectivity index (χ1) is 10.3. The summed E-state index contributed by atoms with van der Waals surface area (Å²) in [6.45, 7) is 3.94. The van der Waals surface area contributed by atoms with Gasteiger partial charge in [0.2, 0.25) is 0 Å². The summed E-state index contributed by atoms with van der Waals surface area (Å²) in [5.74, 6) is 0.849. The summed E-state index contributed by atoms with van der Waals surface area (Å²) in [6, 6.07) is 7.20. The molecule has 0 heterocycles. The van der Waals surface area contributed by atoms with Crippen LogP contribution in [-0.2, 0) is 0 Å². The molecule has 1 saturated carbocycles. The molecule has 6 heteroatoms. The summed E-state index contributed by atoms with van der Waals surface area (Å²) in [7, 11) is -1.74. The molecule has 1 atom stereocenters. The Kier molecular flexibility index (Phi) is 5.07. The third kappa shape index (κ3) is 4.44. The number of benzene rings is 1. The van der Waals surface area contributed by atoms with Crippen molar-refractivity contribution >= 4 is 8.07 Å². The lowest BCUT2D eigenvalue weighted by Crippen LogP contribution is -2.30. The third-order valence-electron chi connectivity index (χ3n) is 3.68. The smallest absolute Gasteiger partial charge is 0.387 e. The Morgan fingerprint density at radius 2 is 1.95 bits per heavy atom. The van der Waals surface area contributed by atoms with Gasteiger partial charge in [-0.15, -0.1) is 0 Å². The average molecular weight is 325 g/mol. The SMILES string of the molecule is C[Si](C)(C)C(C#N)c1ccc(OC(F)F)c(OCC2CC2)c1. The van der Waals surface area contributed by atoms with Gasteiger partial charge in [0.1, 0.15) is 0 Å². The number of hydrogen-bond donors (Lipinski definition) is 0. The number of alkyl halides is 2. The molecule has 2 rings (SSSR count). The highest BCUT2D eigenvalue weighted by Crippen LogP contribution is 2.37. The summed E-state index contributed by atoms with van der Waals surface area (Å²) in [6.07, 6.45) is 2.22. The van der Waals surface area contributed by atoms with Crippen LogP contribution in [0.25, 0.3) is 0 Å². The van der Waals surface area contributed by atoms with E-state index in [0.717, 1.165) is 18.4 Å². The highest BCUT2D eigenvalue weighted by atomic mass is 28.3. The number of hydrogen-bond acceptors (Lipinski definition) is 3. The predicted octanol–water partition coefficient (Wildman–Crippen LogP) is 4.56. The Hall–Kier alpha value is -1.61. The fourth-order valence-electron chi connectivity index (χ4n) is 2.27. The van der Waals surface area contributed by atoms with Crippen LogP contribution in [0.3, 0.4) is 0 Å². The Morgan fingerprint density at radius 3 is 2.45 bits per heavy atom. The zero-order chi connectivity index (χ0) is 16.3. The second-order valence-electron chi connectivity index (χ2n) is 6.77. The predicted molar refractivity (Wildman–Crippen MR) is 83.0 cm³/mol. The molecular formula is C16H21F2NO2Si. The fourth-order valence-corrected chi connectivity index (χ4v) is 3.84. The van der Waals surface area contributed by atoms with Crippen LogP contribution in [-0.4, -0.2) is 21.3 Å². The highest BCUT2D eigenvalue weighted by Gasteiger charge is 2.29. The number of rotatable bonds is 7. The monoisotopic (exact) mass is 325 g/mol. The first kappa shape index (κ1) is 16.8. The van der Waals surface area contributed by atoms with Crippen LogP contribution >= 0.6 is 0 Å². The molecular weight excluding hydrogens is 304 g/mol. The quantitative estimate of drug-likeness (QED) is 0.690. The van der Waals surface area contributed by atoms with E-state index in [4.69, 9.17) is 4.74 Å². The zero-order valence-corrected chi connectivity index (χ0v) is 14.1. The number of nitrogens with zero attached hydrogens (tertiary/aromatic N) is 1. The Bertz CT molecular complexity index is 562. The molecule has 0 radical (unpaired) electrons. The van der Waals surface area contributed by atoms with Gasteiger partial charge in [-0.25, -0.2) is 0 Å². The van der Waals surface area contributed by atoms with Gasteiger partial charge in [-0.1, -0.05) is 25.7 Å². The minimum absolute atomic E-state index is 0.0339. The van der Waals surface area contributed by atoms with Crippen molar-refractivity contribution in [2.45, 2.75) is 44.6 Å².